The second kappa shape index (κ2) is 12.1. The lowest BCUT2D eigenvalue weighted by Gasteiger charge is -2.44. The predicted molar refractivity (Wildman–Crippen MR) is 159 cm³/mol. The SMILES string of the molecule is COc1cc(OC)c(Cl)c(-c2cc3cnc(S(C)=O)nc3n(CCN(C)C3CN(C(=O)OC(C)(C)C)C3)c2=O)c1Cl. The van der Waals surface area contributed by atoms with Crippen LogP contribution in [0.3, 0.4) is 0 Å². The van der Waals surface area contributed by atoms with Gasteiger partial charge in [-0.25, -0.2) is 14.8 Å². The van der Waals surface area contributed by atoms with Gasteiger partial charge in [-0.05, 0) is 33.9 Å². The molecule has 0 radical (unpaired) electrons. The highest BCUT2D eigenvalue weighted by molar-refractivity contribution is 7.84. The van der Waals surface area contributed by atoms with Crippen molar-refractivity contribution in [2.75, 3.05) is 47.2 Å². The standard InChI is InChI=1S/C27H33Cl2N5O6S/c1-27(2,3)40-26(36)33-13-16(14-33)32(4)8-9-34-23-15(12-30-25(31-23)41(7)37)10-17(24(34)35)20-21(28)18(38-5)11-19(39-6)22(20)29/h10-12,16H,8-9,13-14H2,1-7H3. The molecule has 0 bridgehead atoms. The van der Waals surface area contributed by atoms with E-state index in [0.717, 1.165) is 0 Å². The molecule has 0 aliphatic carbocycles. The van der Waals surface area contributed by atoms with E-state index in [0.29, 0.717) is 42.2 Å². The van der Waals surface area contributed by atoms with Crippen molar-refractivity contribution >= 4 is 51.1 Å². The lowest BCUT2D eigenvalue weighted by atomic mass is 10.0. The third kappa shape index (κ3) is 6.45. The zero-order valence-corrected chi connectivity index (χ0v) is 26.3. The lowest BCUT2D eigenvalue weighted by Crippen LogP contribution is -2.61. The van der Waals surface area contributed by atoms with E-state index in [2.05, 4.69) is 14.9 Å². The van der Waals surface area contributed by atoms with E-state index in [1.54, 1.807) is 17.0 Å². The number of amides is 1. The van der Waals surface area contributed by atoms with Crippen molar-refractivity contribution in [2.45, 2.75) is 44.1 Å². The third-order valence-corrected chi connectivity index (χ3v) is 8.18. The largest absolute Gasteiger partial charge is 0.495 e. The molecule has 0 spiro atoms. The van der Waals surface area contributed by atoms with Crippen molar-refractivity contribution in [3.8, 4) is 22.6 Å². The zero-order chi connectivity index (χ0) is 30.2. The topological polar surface area (TPSA) is 116 Å². The van der Waals surface area contributed by atoms with Gasteiger partial charge in [0, 0.05) is 61.7 Å². The molecule has 1 atom stereocenters. The van der Waals surface area contributed by atoms with E-state index in [9.17, 15) is 13.8 Å². The highest BCUT2D eigenvalue weighted by atomic mass is 35.5. The fraction of sp³-hybridized carbons (Fsp3) is 0.481. The summed E-state index contributed by atoms with van der Waals surface area (Å²) in [5.41, 5.74) is -0.170. The fourth-order valence-corrected chi connectivity index (χ4v) is 5.56. The summed E-state index contributed by atoms with van der Waals surface area (Å²) >= 11 is 13.3. The first-order chi connectivity index (χ1) is 19.2. The van der Waals surface area contributed by atoms with E-state index in [-0.39, 0.29) is 45.0 Å². The first-order valence-corrected chi connectivity index (χ1v) is 15.1. The summed E-state index contributed by atoms with van der Waals surface area (Å²) in [6.45, 7) is 7.21. The van der Waals surface area contributed by atoms with E-state index < -0.39 is 22.0 Å². The minimum atomic E-state index is -1.46. The molecule has 1 unspecified atom stereocenters. The summed E-state index contributed by atoms with van der Waals surface area (Å²) in [5.74, 6) is 0.586. The second-order valence-corrected chi connectivity index (χ2v) is 12.7. The van der Waals surface area contributed by atoms with E-state index in [1.807, 2.05) is 27.8 Å². The number of methoxy groups -OCH3 is 2. The zero-order valence-electron chi connectivity index (χ0n) is 24.0. The number of hydrogen-bond acceptors (Lipinski definition) is 9. The minimum Gasteiger partial charge on any atom is -0.495 e. The van der Waals surface area contributed by atoms with Gasteiger partial charge in [0.05, 0.1) is 40.6 Å². The molecule has 3 aromatic rings. The summed E-state index contributed by atoms with van der Waals surface area (Å²) in [4.78, 5) is 38.8. The molecule has 0 N–H and O–H groups in total. The van der Waals surface area contributed by atoms with Gasteiger partial charge in [-0.3, -0.25) is 18.5 Å². The van der Waals surface area contributed by atoms with Crippen LogP contribution in [0.1, 0.15) is 20.8 Å². The number of halogens is 2. The number of fused-ring (bicyclic) bond motifs is 1. The van der Waals surface area contributed by atoms with Gasteiger partial charge in [-0.2, -0.15) is 0 Å². The number of carbonyl (C=O) groups excluding carboxylic acids is 1. The van der Waals surface area contributed by atoms with Crippen molar-refractivity contribution in [2.24, 2.45) is 0 Å². The Balaban J connectivity index is 1.71. The van der Waals surface area contributed by atoms with Crippen molar-refractivity contribution < 1.29 is 23.2 Å². The first kappa shape index (κ1) is 31.0. The second-order valence-electron chi connectivity index (χ2n) is 10.7. The van der Waals surface area contributed by atoms with Gasteiger partial charge >= 0.3 is 6.09 Å². The Hall–Kier alpha value is -2.93. The van der Waals surface area contributed by atoms with Gasteiger partial charge in [0.2, 0.25) is 5.16 Å². The van der Waals surface area contributed by atoms with Gasteiger partial charge in [0.15, 0.2) is 0 Å². The van der Waals surface area contributed by atoms with E-state index in [4.69, 9.17) is 37.4 Å². The molecular weight excluding hydrogens is 593 g/mol. The minimum absolute atomic E-state index is 0.0903. The van der Waals surface area contributed by atoms with E-state index >= 15 is 0 Å². The number of likely N-dealkylation sites (N-methyl/N-ethyl adjacent to an activating group) is 1. The van der Waals surface area contributed by atoms with Gasteiger partial charge < -0.3 is 19.1 Å². The fourth-order valence-electron chi connectivity index (χ4n) is 4.44. The van der Waals surface area contributed by atoms with Crippen LogP contribution in [0.2, 0.25) is 10.0 Å². The van der Waals surface area contributed by atoms with Crippen LogP contribution in [0.25, 0.3) is 22.2 Å². The summed E-state index contributed by atoms with van der Waals surface area (Å²) in [6, 6.07) is 3.25. The number of hydrogen-bond donors (Lipinski definition) is 0. The molecule has 1 saturated heterocycles. The summed E-state index contributed by atoms with van der Waals surface area (Å²) in [7, 11) is 3.38. The molecule has 2 aromatic heterocycles. The molecule has 1 aliphatic heterocycles. The predicted octanol–water partition coefficient (Wildman–Crippen LogP) is 4.07. The maximum Gasteiger partial charge on any atom is 0.410 e. The summed E-state index contributed by atoms with van der Waals surface area (Å²) in [6.07, 6.45) is 2.64. The number of benzene rings is 1. The average Bonchev–Trinajstić information content (AvgIpc) is 2.86. The van der Waals surface area contributed by atoms with Crippen molar-refractivity contribution in [1.29, 1.82) is 0 Å². The van der Waals surface area contributed by atoms with Crippen molar-refractivity contribution in [3.05, 3.63) is 38.7 Å². The van der Waals surface area contributed by atoms with Crippen LogP contribution in [0, 0.1) is 0 Å². The molecule has 1 amide bonds. The monoisotopic (exact) mass is 625 g/mol. The summed E-state index contributed by atoms with van der Waals surface area (Å²) < 4.78 is 29.9. The van der Waals surface area contributed by atoms with E-state index in [1.165, 1.54) is 31.2 Å². The number of likely N-dealkylation sites (tertiary alicyclic amines) is 1. The maximum atomic E-state index is 14.0. The molecule has 41 heavy (non-hydrogen) atoms. The molecule has 11 nitrogen and oxygen atoms in total. The smallest absolute Gasteiger partial charge is 0.410 e. The Morgan fingerprint density at radius 2 is 1.76 bits per heavy atom. The molecule has 4 rings (SSSR count). The highest BCUT2D eigenvalue weighted by Gasteiger charge is 2.36. The van der Waals surface area contributed by atoms with Crippen molar-refractivity contribution in [1.82, 2.24) is 24.3 Å². The molecule has 14 heteroatoms. The van der Waals surface area contributed by atoms with Crippen molar-refractivity contribution in [3.63, 3.8) is 0 Å². The Labute approximate surface area is 250 Å². The maximum absolute atomic E-state index is 14.0. The van der Waals surface area contributed by atoms with Crippen LogP contribution < -0.4 is 15.0 Å². The molecule has 222 valence electrons. The Morgan fingerprint density at radius 1 is 1.15 bits per heavy atom. The highest BCUT2D eigenvalue weighted by Crippen LogP contribution is 2.45. The quantitative estimate of drug-likeness (QED) is 0.341. The van der Waals surface area contributed by atoms with Crippen LogP contribution in [-0.4, -0.2) is 93.4 Å². The van der Waals surface area contributed by atoms with Gasteiger partial charge in [-0.1, -0.05) is 23.2 Å². The number of ether oxygens (including phenoxy) is 3. The molecule has 1 aliphatic rings. The Morgan fingerprint density at radius 3 is 2.29 bits per heavy atom. The molecule has 1 fully saturated rings. The van der Waals surface area contributed by atoms with Crippen LogP contribution in [-0.2, 0) is 22.1 Å². The third-order valence-electron chi connectivity index (χ3n) is 6.72. The summed E-state index contributed by atoms with van der Waals surface area (Å²) in [5, 5.41) is 0.952. The van der Waals surface area contributed by atoms with Gasteiger partial charge in [0.1, 0.15) is 22.7 Å². The molecule has 1 aromatic carbocycles. The molecule has 0 saturated carbocycles. The molecule has 3 heterocycles. The molecular formula is C27H33Cl2N5O6S. The number of carbonyl (C=O) groups is 1. The number of pyridine rings is 1. The van der Waals surface area contributed by atoms with Gasteiger partial charge in [0.25, 0.3) is 5.56 Å². The van der Waals surface area contributed by atoms with Crippen LogP contribution >= 0.6 is 23.2 Å². The average molecular weight is 627 g/mol. The normalized spacial score (nSPS) is 14.7. The Kier molecular flexibility index (Phi) is 9.17. The van der Waals surface area contributed by atoms with Gasteiger partial charge in [-0.15, -0.1) is 0 Å². The van der Waals surface area contributed by atoms with Crippen LogP contribution in [0.15, 0.2) is 28.3 Å². The van der Waals surface area contributed by atoms with Crippen LogP contribution in [0.4, 0.5) is 4.79 Å². The lowest BCUT2D eigenvalue weighted by molar-refractivity contribution is -0.0111. The van der Waals surface area contributed by atoms with Crippen LogP contribution in [0.5, 0.6) is 11.5 Å². The number of rotatable bonds is 8. The first-order valence-electron chi connectivity index (χ1n) is 12.8. The number of nitrogens with zero attached hydrogens (tertiary/aromatic N) is 5. The Bertz CT molecular complexity index is 1540. The number of aromatic nitrogens is 3.